The molecule has 0 N–H and O–H groups in total. The van der Waals surface area contributed by atoms with Gasteiger partial charge in [0.15, 0.2) is 0 Å². The zero-order chi connectivity index (χ0) is 12.3. The van der Waals surface area contributed by atoms with Gasteiger partial charge in [0.1, 0.15) is 4.58 Å². The first-order chi connectivity index (χ1) is 7.35. The fourth-order valence-electron chi connectivity index (χ4n) is 1.73. The van der Waals surface area contributed by atoms with Crippen molar-refractivity contribution in [3.05, 3.63) is 0 Å². The van der Waals surface area contributed by atoms with E-state index in [1.807, 2.05) is 0 Å². The van der Waals surface area contributed by atoms with Crippen LogP contribution in [0.25, 0.3) is 0 Å². The van der Waals surface area contributed by atoms with Crippen LogP contribution in [0.15, 0.2) is 0 Å². The highest BCUT2D eigenvalue weighted by atomic mass is 32.3. The van der Waals surface area contributed by atoms with Gasteiger partial charge in [0, 0.05) is 12.6 Å². The highest BCUT2D eigenvalue weighted by Crippen LogP contribution is 2.31. The SMILES string of the molecule is CC(C)CCCN(C1CC1)S(=O)(=O)C(C)S. The highest BCUT2D eigenvalue weighted by Gasteiger charge is 2.38. The monoisotopic (exact) mass is 265 g/mol. The van der Waals surface area contributed by atoms with Crippen LogP contribution in [0.4, 0.5) is 0 Å². The third-order valence-corrected chi connectivity index (χ3v) is 5.67. The van der Waals surface area contributed by atoms with E-state index in [2.05, 4.69) is 26.5 Å². The van der Waals surface area contributed by atoms with E-state index in [-0.39, 0.29) is 6.04 Å². The Hall–Kier alpha value is 0.260. The Labute approximate surface area is 105 Å². The average Bonchev–Trinajstić information content (AvgIpc) is 2.94. The molecule has 0 aromatic heterocycles. The Morgan fingerprint density at radius 3 is 2.25 bits per heavy atom. The molecular formula is C11H23NO2S2. The lowest BCUT2D eigenvalue weighted by atomic mass is 10.1. The summed E-state index contributed by atoms with van der Waals surface area (Å²) in [7, 11) is -3.18. The van der Waals surface area contributed by atoms with E-state index in [9.17, 15) is 8.42 Å². The van der Waals surface area contributed by atoms with E-state index < -0.39 is 14.6 Å². The second-order valence-corrected chi connectivity index (χ2v) is 8.35. The third kappa shape index (κ3) is 3.93. The number of nitrogens with zero attached hydrogens (tertiary/aromatic N) is 1. The van der Waals surface area contributed by atoms with Crippen LogP contribution in [-0.4, -0.2) is 29.9 Å². The van der Waals surface area contributed by atoms with Gasteiger partial charge in [-0.25, -0.2) is 8.42 Å². The van der Waals surface area contributed by atoms with Crippen molar-refractivity contribution in [2.24, 2.45) is 5.92 Å². The summed E-state index contributed by atoms with van der Waals surface area (Å²) in [5.41, 5.74) is 0. The predicted octanol–water partition coefficient (Wildman–Crippen LogP) is 2.49. The lowest BCUT2D eigenvalue weighted by Crippen LogP contribution is -2.38. The van der Waals surface area contributed by atoms with Crippen molar-refractivity contribution >= 4 is 22.7 Å². The number of rotatable bonds is 7. The number of thiol groups is 1. The first-order valence-electron chi connectivity index (χ1n) is 6.04. The smallest absolute Gasteiger partial charge is 0.211 e. The van der Waals surface area contributed by atoms with Crippen molar-refractivity contribution < 1.29 is 8.42 Å². The maximum Gasteiger partial charge on any atom is 0.226 e. The zero-order valence-electron chi connectivity index (χ0n) is 10.4. The minimum absolute atomic E-state index is 0.256. The van der Waals surface area contributed by atoms with Crippen LogP contribution in [0.1, 0.15) is 46.5 Å². The van der Waals surface area contributed by atoms with Crippen molar-refractivity contribution in [1.29, 1.82) is 0 Å². The molecule has 1 aliphatic carbocycles. The third-order valence-electron chi connectivity index (χ3n) is 2.87. The van der Waals surface area contributed by atoms with Gasteiger partial charge < -0.3 is 0 Å². The molecule has 96 valence electrons. The fraction of sp³-hybridized carbons (Fsp3) is 1.00. The average molecular weight is 265 g/mol. The standard InChI is InChI=1S/C11H23NO2S2/c1-9(2)5-4-8-12(11-6-7-11)16(13,14)10(3)15/h9-11,15H,4-8H2,1-3H3. The van der Waals surface area contributed by atoms with Crippen LogP contribution in [0.2, 0.25) is 0 Å². The minimum atomic E-state index is -3.18. The number of hydrogen-bond donors (Lipinski definition) is 1. The summed E-state index contributed by atoms with van der Waals surface area (Å²) in [5.74, 6) is 0.636. The van der Waals surface area contributed by atoms with Crippen LogP contribution in [0.5, 0.6) is 0 Å². The van der Waals surface area contributed by atoms with Gasteiger partial charge in [-0.05, 0) is 38.5 Å². The maximum atomic E-state index is 12.0. The van der Waals surface area contributed by atoms with Crippen molar-refractivity contribution in [2.75, 3.05) is 6.54 Å². The topological polar surface area (TPSA) is 37.4 Å². The molecule has 0 radical (unpaired) electrons. The van der Waals surface area contributed by atoms with Gasteiger partial charge in [0.2, 0.25) is 10.0 Å². The van der Waals surface area contributed by atoms with Crippen molar-refractivity contribution in [1.82, 2.24) is 4.31 Å². The molecule has 5 heteroatoms. The molecule has 0 bridgehead atoms. The van der Waals surface area contributed by atoms with Crippen LogP contribution >= 0.6 is 12.6 Å². The number of sulfonamides is 1. The molecule has 0 heterocycles. The van der Waals surface area contributed by atoms with Gasteiger partial charge in [-0.15, -0.1) is 0 Å². The first kappa shape index (κ1) is 14.3. The van der Waals surface area contributed by atoms with E-state index in [1.165, 1.54) is 0 Å². The molecule has 0 aromatic rings. The van der Waals surface area contributed by atoms with Gasteiger partial charge in [-0.2, -0.15) is 16.9 Å². The molecule has 1 aliphatic rings. The normalized spacial score (nSPS) is 19.4. The molecule has 1 saturated carbocycles. The van der Waals surface area contributed by atoms with Crippen LogP contribution in [0, 0.1) is 5.92 Å². The molecule has 1 unspecified atom stereocenters. The lowest BCUT2D eigenvalue weighted by Gasteiger charge is -2.24. The Bertz CT molecular complexity index is 308. The van der Waals surface area contributed by atoms with E-state index in [0.29, 0.717) is 12.5 Å². The summed E-state index contributed by atoms with van der Waals surface area (Å²) in [6.07, 6.45) is 4.07. The molecule has 0 aliphatic heterocycles. The summed E-state index contributed by atoms with van der Waals surface area (Å²) in [5, 5.41) is 0. The Kier molecular flexibility index (Phi) is 5.13. The van der Waals surface area contributed by atoms with Gasteiger partial charge in [-0.3, -0.25) is 0 Å². The summed E-state index contributed by atoms with van der Waals surface area (Å²) in [6, 6.07) is 0.256. The molecule has 3 nitrogen and oxygen atoms in total. The molecule has 1 rings (SSSR count). The molecule has 1 fully saturated rings. The summed E-state index contributed by atoms with van der Waals surface area (Å²) >= 11 is 4.07. The molecule has 16 heavy (non-hydrogen) atoms. The molecular weight excluding hydrogens is 242 g/mol. The summed E-state index contributed by atoms with van der Waals surface area (Å²) in [6.45, 7) is 6.63. The Morgan fingerprint density at radius 1 is 1.31 bits per heavy atom. The maximum absolute atomic E-state index is 12.0. The van der Waals surface area contributed by atoms with Crippen LogP contribution < -0.4 is 0 Å². The van der Waals surface area contributed by atoms with Crippen LogP contribution in [0.3, 0.4) is 0 Å². The van der Waals surface area contributed by atoms with E-state index in [0.717, 1.165) is 25.7 Å². The Morgan fingerprint density at radius 2 is 1.88 bits per heavy atom. The van der Waals surface area contributed by atoms with Gasteiger partial charge in [0.05, 0.1) is 0 Å². The van der Waals surface area contributed by atoms with Crippen molar-refractivity contribution in [2.45, 2.75) is 57.1 Å². The van der Waals surface area contributed by atoms with Gasteiger partial charge in [-0.1, -0.05) is 13.8 Å². The molecule has 0 amide bonds. The highest BCUT2D eigenvalue weighted by molar-refractivity contribution is 8.03. The summed E-state index contributed by atoms with van der Waals surface area (Å²) < 4.78 is 25.2. The molecule has 0 spiro atoms. The molecule has 0 aromatic carbocycles. The predicted molar refractivity (Wildman–Crippen MR) is 71.2 cm³/mol. The minimum Gasteiger partial charge on any atom is -0.211 e. The van der Waals surface area contributed by atoms with E-state index in [1.54, 1.807) is 11.2 Å². The molecule has 0 saturated heterocycles. The van der Waals surface area contributed by atoms with Crippen molar-refractivity contribution in [3.63, 3.8) is 0 Å². The Balaban J connectivity index is 2.55. The quantitative estimate of drug-likeness (QED) is 0.718. The van der Waals surface area contributed by atoms with Crippen molar-refractivity contribution in [3.8, 4) is 0 Å². The lowest BCUT2D eigenvalue weighted by molar-refractivity contribution is 0.380. The second kappa shape index (κ2) is 5.74. The first-order valence-corrected chi connectivity index (χ1v) is 8.06. The molecule has 1 atom stereocenters. The second-order valence-electron chi connectivity index (χ2n) is 5.02. The fourth-order valence-corrected chi connectivity index (χ4v) is 3.50. The largest absolute Gasteiger partial charge is 0.226 e. The van der Waals surface area contributed by atoms with E-state index >= 15 is 0 Å². The van der Waals surface area contributed by atoms with Crippen LogP contribution in [-0.2, 0) is 10.0 Å². The zero-order valence-corrected chi connectivity index (χ0v) is 12.1. The van der Waals surface area contributed by atoms with Gasteiger partial charge >= 0.3 is 0 Å². The summed E-state index contributed by atoms with van der Waals surface area (Å²) in [4.78, 5) is 0. The van der Waals surface area contributed by atoms with E-state index in [4.69, 9.17) is 0 Å². The number of hydrogen-bond acceptors (Lipinski definition) is 3. The van der Waals surface area contributed by atoms with Gasteiger partial charge in [0.25, 0.3) is 0 Å².